The van der Waals surface area contributed by atoms with Gasteiger partial charge in [-0.05, 0) is 120 Å². The van der Waals surface area contributed by atoms with E-state index in [9.17, 15) is 29.1 Å². The number of benzene rings is 3. The largest absolute Gasteiger partial charge is 0.508 e. The lowest BCUT2D eigenvalue weighted by atomic mass is 9.70. The summed E-state index contributed by atoms with van der Waals surface area (Å²) in [5.41, 5.74) is 8.58. The van der Waals surface area contributed by atoms with Gasteiger partial charge >= 0.3 is 0 Å². The molecule has 1 spiro atoms. The number of pyridine rings is 1. The Morgan fingerprint density at radius 1 is 0.780 bits per heavy atom. The molecule has 302 valence electrons. The van der Waals surface area contributed by atoms with Crippen LogP contribution in [-0.4, -0.2) is 93.1 Å². The number of amides is 5. The van der Waals surface area contributed by atoms with Gasteiger partial charge in [0.15, 0.2) is 0 Å². The van der Waals surface area contributed by atoms with Crippen LogP contribution in [0.5, 0.6) is 5.75 Å². The van der Waals surface area contributed by atoms with Gasteiger partial charge < -0.3 is 14.9 Å². The molecule has 4 aromatic rings. The number of aromatic hydroxyl groups is 1. The van der Waals surface area contributed by atoms with E-state index < -0.39 is 29.7 Å². The van der Waals surface area contributed by atoms with Crippen LogP contribution in [0.4, 0.5) is 5.69 Å². The first-order valence-electron chi connectivity index (χ1n) is 21.1. The average Bonchev–Trinajstić information content (AvgIpc) is 3.75. The minimum absolute atomic E-state index is 0.0789. The molecule has 6 heterocycles. The van der Waals surface area contributed by atoms with Crippen LogP contribution in [0.2, 0.25) is 0 Å². The molecule has 0 saturated carbocycles. The predicted molar refractivity (Wildman–Crippen MR) is 219 cm³/mol. The van der Waals surface area contributed by atoms with Crippen LogP contribution in [0.3, 0.4) is 0 Å². The highest BCUT2D eigenvalue weighted by atomic mass is 16.3. The third-order valence-corrected chi connectivity index (χ3v) is 14.2. The zero-order chi connectivity index (χ0) is 40.4. The van der Waals surface area contributed by atoms with Crippen LogP contribution in [0.15, 0.2) is 79.0 Å². The van der Waals surface area contributed by atoms with Crippen LogP contribution in [0.1, 0.15) is 111 Å². The Morgan fingerprint density at radius 3 is 2.14 bits per heavy atom. The monoisotopic (exact) mass is 792 g/mol. The molecular weight excluding hydrogens is 745 g/mol. The van der Waals surface area contributed by atoms with Gasteiger partial charge in [-0.15, -0.1) is 0 Å². The van der Waals surface area contributed by atoms with E-state index in [1.807, 2.05) is 17.2 Å². The number of fused-ring (bicyclic) bond motifs is 3. The lowest BCUT2D eigenvalue weighted by Crippen LogP contribution is -2.54. The van der Waals surface area contributed by atoms with E-state index in [-0.39, 0.29) is 47.8 Å². The molecule has 3 aromatic carbocycles. The van der Waals surface area contributed by atoms with Gasteiger partial charge in [0.25, 0.3) is 11.8 Å². The van der Waals surface area contributed by atoms with Crippen molar-refractivity contribution in [3.05, 3.63) is 124 Å². The molecule has 1 aliphatic carbocycles. The van der Waals surface area contributed by atoms with Crippen molar-refractivity contribution in [1.82, 2.24) is 25.0 Å². The number of aromatic nitrogens is 1. The van der Waals surface area contributed by atoms with E-state index in [1.165, 1.54) is 16.7 Å². The fourth-order valence-electron chi connectivity index (χ4n) is 10.8. The summed E-state index contributed by atoms with van der Waals surface area (Å²) in [5.74, 6) is -1.20. The van der Waals surface area contributed by atoms with Gasteiger partial charge in [-0.1, -0.05) is 36.4 Å². The van der Waals surface area contributed by atoms with Crippen molar-refractivity contribution in [2.24, 2.45) is 5.41 Å². The second kappa shape index (κ2) is 14.7. The Balaban J connectivity index is 0.732. The first-order valence-corrected chi connectivity index (χ1v) is 21.1. The maximum absolute atomic E-state index is 13.6. The summed E-state index contributed by atoms with van der Waals surface area (Å²) in [6, 6.07) is 23.4. The van der Waals surface area contributed by atoms with Gasteiger partial charge in [0, 0.05) is 57.3 Å². The van der Waals surface area contributed by atoms with Crippen LogP contribution in [0.25, 0.3) is 0 Å². The highest BCUT2D eigenvalue weighted by Crippen LogP contribution is 2.47. The third-order valence-electron chi connectivity index (χ3n) is 14.2. The Morgan fingerprint density at radius 2 is 1.47 bits per heavy atom. The van der Waals surface area contributed by atoms with E-state index >= 15 is 0 Å². The summed E-state index contributed by atoms with van der Waals surface area (Å²) < 4.78 is 0. The molecule has 3 atom stereocenters. The fourth-order valence-corrected chi connectivity index (χ4v) is 10.8. The van der Waals surface area contributed by atoms with Gasteiger partial charge in [-0.2, -0.15) is 0 Å². The highest BCUT2D eigenvalue weighted by Gasteiger charge is 2.46. The number of piperidine rings is 3. The van der Waals surface area contributed by atoms with E-state index in [4.69, 9.17) is 4.98 Å². The number of likely N-dealkylation sites (tertiary alicyclic amines) is 1. The van der Waals surface area contributed by atoms with E-state index in [1.54, 1.807) is 18.2 Å². The van der Waals surface area contributed by atoms with Crippen LogP contribution in [0, 0.1) is 5.41 Å². The van der Waals surface area contributed by atoms with Gasteiger partial charge in [-0.25, -0.2) is 0 Å². The predicted octanol–water partition coefficient (Wildman–Crippen LogP) is 5.28. The molecule has 5 aliphatic heterocycles. The number of hydrogen-bond acceptors (Lipinski definition) is 9. The first-order chi connectivity index (χ1) is 28.6. The molecule has 3 fully saturated rings. The fraction of sp³-hybridized carbons (Fsp3) is 0.404. The number of anilines is 1. The van der Waals surface area contributed by atoms with Crippen molar-refractivity contribution in [1.29, 1.82) is 0 Å². The van der Waals surface area contributed by atoms with Crippen molar-refractivity contribution in [3.8, 4) is 5.75 Å². The third kappa shape index (κ3) is 6.76. The SMILES string of the molecule is O=C1CCC(N2C(=O)c3cc4c(cc3C2=O)CN(CC(=O)N2CCC3(CC2)CCN(c2ccc([C@@H]5c6ccc(O)cc6CC[C@@H]5c5ccccc5)nc2)CC3)C4)C(=O)N1. The molecule has 3 saturated heterocycles. The Hall–Kier alpha value is -5.88. The summed E-state index contributed by atoms with van der Waals surface area (Å²) in [7, 11) is 0. The molecular formula is C47H48N6O6. The zero-order valence-electron chi connectivity index (χ0n) is 33.1. The minimum atomic E-state index is -0.992. The normalized spacial score (nSPS) is 23.9. The molecule has 12 nitrogen and oxygen atoms in total. The quantitative estimate of drug-likeness (QED) is 0.250. The summed E-state index contributed by atoms with van der Waals surface area (Å²) in [6.07, 6.45) is 8.31. The molecule has 10 rings (SSSR count). The standard InChI is InChI=1S/C47H48N6O6/c54-34-8-10-36-30(22-34)6-9-35(29-4-2-1-3-5-29)43(36)39-11-7-33(25-48-39)51-18-14-47(15-19-51)16-20-52(21-17-47)42(56)28-50-26-31-23-37-38(24-32(31)27-50)46(59)53(45(37)58)40-12-13-41(55)49-44(40)57/h1-5,7-8,10-11,22-25,35,40,43,54H,6,9,12-21,26-28H2,(H,49,55,57)/t35-,40?,43+/m1/s1. The molecule has 1 aromatic heterocycles. The average molecular weight is 793 g/mol. The van der Waals surface area contributed by atoms with Gasteiger partial charge in [0.2, 0.25) is 17.7 Å². The maximum atomic E-state index is 13.6. The number of hydrogen-bond donors (Lipinski definition) is 2. The first kappa shape index (κ1) is 37.4. The summed E-state index contributed by atoms with van der Waals surface area (Å²) >= 11 is 0. The molecule has 12 heteroatoms. The van der Waals surface area contributed by atoms with Gasteiger partial charge in [0.1, 0.15) is 11.8 Å². The molecule has 0 radical (unpaired) electrons. The van der Waals surface area contributed by atoms with E-state index in [2.05, 4.69) is 63.6 Å². The highest BCUT2D eigenvalue weighted by molar-refractivity contribution is 6.23. The molecule has 2 N–H and O–H groups in total. The number of nitrogens with zero attached hydrogens (tertiary/aromatic N) is 5. The van der Waals surface area contributed by atoms with Gasteiger partial charge in [-0.3, -0.25) is 44.1 Å². The number of carbonyl (C=O) groups is 5. The molecule has 6 aliphatic rings. The zero-order valence-corrected chi connectivity index (χ0v) is 33.1. The van der Waals surface area contributed by atoms with Crippen LogP contribution in [-0.2, 0) is 33.9 Å². The van der Waals surface area contributed by atoms with Crippen molar-refractivity contribution in [2.75, 3.05) is 37.6 Å². The second-order valence-corrected chi connectivity index (χ2v) is 17.5. The number of imide groups is 2. The molecule has 1 unspecified atom stereocenters. The Labute approximate surface area is 343 Å². The minimum Gasteiger partial charge on any atom is -0.508 e. The van der Waals surface area contributed by atoms with Crippen molar-refractivity contribution < 1.29 is 29.1 Å². The number of rotatable bonds is 6. The number of aryl methyl sites for hydroxylation is 1. The Kier molecular flexibility index (Phi) is 9.34. The molecule has 5 amide bonds. The second-order valence-electron chi connectivity index (χ2n) is 17.5. The number of phenols is 1. The van der Waals surface area contributed by atoms with Crippen LogP contribution >= 0.6 is 0 Å². The van der Waals surface area contributed by atoms with E-state index in [0.29, 0.717) is 24.8 Å². The lowest BCUT2D eigenvalue weighted by Gasteiger charge is -2.47. The smallest absolute Gasteiger partial charge is 0.262 e. The lowest BCUT2D eigenvalue weighted by molar-refractivity contribution is -0.137. The molecule has 0 bridgehead atoms. The maximum Gasteiger partial charge on any atom is 0.262 e. The molecule has 59 heavy (non-hydrogen) atoms. The summed E-state index contributed by atoms with van der Waals surface area (Å²) in [5, 5.41) is 12.5. The van der Waals surface area contributed by atoms with E-state index in [0.717, 1.165) is 92.1 Å². The van der Waals surface area contributed by atoms with Crippen molar-refractivity contribution in [3.63, 3.8) is 0 Å². The summed E-state index contributed by atoms with van der Waals surface area (Å²) in [4.78, 5) is 77.0. The number of carbonyl (C=O) groups excluding carboxylic acids is 5. The van der Waals surface area contributed by atoms with Crippen molar-refractivity contribution >= 4 is 35.2 Å². The Bertz CT molecular complexity index is 2320. The van der Waals surface area contributed by atoms with Crippen molar-refractivity contribution in [2.45, 2.75) is 82.3 Å². The van der Waals surface area contributed by atoms with Crippen LogP contribution < -0.4 is 10.2 Å². The topological polar surface area (TPSA) is 143 Å². The number of phenolic OH excluding ortho intramolecular Hbond substituents is 1. The number of nitrogens with one attached hydrogen (secondary N) is 1. The van der Waals surface area contributed by atoms with Gasteiger partial charge in [0.05, 0.1) is 29.6 Å². The summed E-state index contributed by atoms with van der Waals surface area (Å²) in [6.45, 7) is 4.68.